The number of likely N-dealkylation sites (tertiary alicyclic amines) is 2. The summed E-state index contributed by atoms with van der Waals surface area (Å²) in [6.45, 7) is 12.0. The summed E-state index contributed by atoms with van der Waals surface area (Å²) in [6, 6.07) is 9.22. The molecule has 0 atom stereocenters. The van der Waals surface area contributed by atoms with E-state index in [0.29, 0.717) is 18.9 Å². The molecule has 0 radical (unpaired) electrons. The SMILES string of the molecule is Cc1ccc(N2CC3(CCN(C(=O)CC4(O)CCN(C(C)C)CC4)C3)C2)cc1. The highest BCUT2D eigenvalue weighted by Crippen LogP contribution is 2.42. The number of aliphatic hydroxyl groups is 1. The van der Waals surface area contributed by atoms with Crippen molar-refractivity contribution in [1.82, 2.24) is 9.80 Å². The van der Waals surface area contributed by atoms with Crippen LogP contribution in [-0.4, -0.2) is 71.7 Å². The van der Waals surface area contributed by atoms with E-state index >= 15 is 0 Å². The Morgan fingerprint density at radius 1 is 1.04 bits per heavy atom. The van der Waals surface area contributed by atoms with E-state index in [4.69, 9.17) is 0 Å². The van der Waals surface area contributed by atoms with Gasteiger partial charge in [-0.05, 0) is 52.2 Å². The molecule has 1 aromatic rings. The summed E-state index contributed by atoms with van der Waals surface area (Å²) < 4.78 is 0. The van der Waals surface area contributed by atoms with Crippen LogP contribution in [0.1, 0.15) is 45.1 Å². The number of hydrogen-bond acceptors (Lipinski definition) is 4. The van der Waals surface area contributed by atoms with E-state index in [1.807, 2.05) is 4.90 Å². The fourth-order valence-corrected chi connectivity index (χ4v) is 5.13. The number of hydrogen-bond donors (Lipinski definition) is 1. The number of benzene rings is 1. The van der Waals surface area contributed by atoms with Crippen molar-refractivity contribution in [3.8, 4) is 0 Å². The topological polar surface area (TPSA) is 47.0 Å². The maximum Gasteiger partial charge on any atom is 0.225 e. The number of carbonyl (C=O) groups excluding carboxylic acids is 1. The molecular formula is C23H35N3O2. The maximum absolute atomic E-state index is 12.9. The van der Waals surface area contributed by atoms with Crippen molar-refractivity contribution in [2.45, 2.75) is 58.1 Å². The number of amides is 1. The van der Waals surface area contributed by atoms with Crippen LogP contribution in [-0.2, 0) is 4.79 Å². The van der Waals surface area contributed by atoms with Crippen LogP contribution in [0.25, 0.3) is 0 Å². The normalized spacial score (nSPS) is 24.0. The van der Waals surface area contributed by atoms with Crippen LogP contribution < -0.4 is 4.90 Å². The van der Waals surface area contributed by atoms with Crippen LogP contribution in [0.4, 0.5) is 5.69 Å². The first kappa shape index (κ1) is 19.7. The average Bonchev–Trinajstić information content (AvgIpc) is 3.07. The van der Waals surface area contributed by atoms with E-state index in [9.17, 15) is 9.90 Å². The number of rotatable bonds is 4. The van der Waals surface area contributed by atoms with Crippen molar-refractivity contribution in [3.63, 3.8) is 0 Å². The van der Waals surface area contributed by atoms with E-state index in [-0.39, 0.29) is 17.7 Å². The third-order valence-electron chi connectivity index (χ3n) is 7.18. The molecular weight excluding hydrogens is 350 g/mol. The van der Waals surface area contributed by atoms with Gasteiger partial charge in [0.2, 0.25) is 5.91 Å². The molecule has 4 rings (SSSR count). The lowest BCUT2D eigenvalue weighted by Crippen LogP contribution is -2.58. The van der Waals surface area contributed by atoms with Gasteiger partial charge >= 0.3 is 0 Å². The summed E-state index contributed by atoms with van der Waals surface area (Å²) >= 11 is 0. The van der Waals surface area contributed by atoms with Gasteiger partial charge in [-0.25, -0.2) is 0 Å². The predicted octanol–water partition coefficient (Wildman–Crippen LogP) is 2.66. The Kier molecular flexibility index (Phi) is 5.17. The third-order valence-corrected chi connectivity index (χ3v) is 7.18. The second kappa shape index (κ2) is 7.34. The van der Waals surface area contributed by atoms with E-state index in [2.05, 4.69) is 54.8 Å². The van der Waals surface area contributed by atoms with Crippen LogP contribution in [0.5, 0.6) is 0 Å². The number of nitrogens with zero attached hydrogens (tertiary/aromatic N) is 3. The molecule has 5 nitrogen and oxygen atoms in total. The van der Waals surface area contributed by atoms with Gasteiger partial charge in [0.25, 0.3) is 0 Å². The second-order valence-electron chi connectivity index (χ2n) is 9.79. The van der Waals surface area contributed by atoms with Gasteiger partial charge in [-0.15, -0.1) is 0 Å². The third kappa shape index (κ3) is 3.92. The van der Waals surface area contributed by atoms with Crippen molar-refractivity contribution >= 4 is 11.6 Å². The molecule has 3 fully saturated rings. The Bertz CT molecular complexity index is 701. The van der Waals surface area contributed by atoms with Crippen molar-refractivity contribution in [2.75, 3.05) is 44.2 Å². The Morgan fingerprint density at radius 3 is 2.29 bits per heavy atom. The monoisotopic (exact) mass is 385 g/mol. The smallest absolute Gasteiger partial charge is 0.225 e. The van der Waals surface area contributed by atoms with Gasteiger partial charge in [-0.1, -0.05) is 17.7 Å². The van der Waals surface area contributed by atoms with Crippen LogP contribution in [0, 0.1) is 12.3 Å². The molecule has 0 aliphatic carbocycles. The van der Waals surface area contributed by atoms with Crippen molar-refractivity contribution in [3.05, 3.63) is 29.8 Å². The molecule has 3 heterocycles. The Hall–Kier alpha value is -1.59. The molecule has 1 amide bonds. The van der Waals surface area contributed by atoms with E-state index in [1.54, 1.807) is 0 Å². The molecule has 28 heavy (non-hydrogen) atoms. The Balaban J connectivity index is 1.28. The second-order valence-corrected chi connectivity index (χ2v) is 9.79. The van der Waals surface area contributed by atoms with Gasteiger partial charge in [-0.3, -0.25) is 4.79 Å². The minimum atomic E-state index is -0.814. The quantitative estimate of drug-likeness (QED) is 0.866. The van der Waals surface area contributed by atoms with Crippen molar-refractivity contribution < 1.29 is 9.90 Å². The summed E-state index contributed by atoms with van der Waals surface area (Å²) in [4.78, 5) is 19.7. The molecule has 5 heteroatoms. The standard InChI is InChI=1S/C23H35N3O2/c1-18(2)24-12-9-23(28,10-13-24)14-21(27)25-11-8-22(15-25)16-26(17-22)20-6-4-19(3)5-7-20/h4-7,18,28H,8-17H2,1-3H3. The number of carbonyl (C=O) groups is 1. The Morgan fingerprint density at radius 2 is 1.68 bits per heavy atom. The zero-order valence-corrected chi connectivity index (χ0v) is 17.7. The zero-order chi connectivity index (χ0) is 19.9. The number of piperidine rings is 1. The van der Waals surface area contributed by atoms with Crippen molar-refractivity contribution in [1.29, 1.82) is 0 Å². The number of aryl methyl sites for hydroxylation is 1. The summed E-state index contributed by atoms with van der Waals surface area (Å²) in [6.07, 6.45) is 2.78. The van der Waals surface area contributed by atoms with Gasteiger partial charge in [0.05, 0.1) is 12.0 Å². The molecule has 3 aliphatic heterocycles. The zero-order valence-electron chi connectivity index (χ0n) is 17.7. The maximum atomic E-state index is 12.9. The molecule has 0 bridgehead atoms. The van der Waals surface area contributed by atoms with E-state index in [1.165, 1.54) is 11.3 Å². The molecule has 1 N–H and O–H groups in total. The highest BCUT2D eigenvalue weighted by atomic mass is 16.3. The van der Waals surface area contributed by atoms with Crippen LogP contribution in [0.15, 0.2) is 24.3 Å². The molecule has 3 saturated heterocycles. The number of anilines is 1. The minimum absolute atomic E-state index is 0.145. The Labute approximate surface area is 169 Å². The summed E-state index contributed by atoms with van der Waals surface area (Å²) in [5, 5.41) is 10.9. The summed E-state index contributed by atoms with van der Waals surface area (Å²) in [5.41, 5.74) is 2.01. The molecule has 0 aromatic heterocycles. The summed E-state index contributed by atoms with van der Waals surface area (Å²) in [5.74, 6) is 0.145. The molecule has 3 aliphatic rings. The van der Waals surface area contributed by atoms with Crippen LogP contribution >= 0.6 is 0 Å². The van der Waals surface area contributed by atoms with E-state index in [0.717, 1.165) is 45.7 Å². The molecule has 0 unspecified atom stereocenters. The van der Waals surface area contributed by atoms with E-state index < -0.39 is 5.60 Å². The fourth-order valence-electron chi connectivity index (χ4n) is 5.13. The summed E-state index contributed by atoms with van der Waals surface area (Å²) in [7, 11) is 0. The van der Waals surface area contributed by atoms with Gasteiger partial charge in [0.1, 0.15) is 0 Å². The van der Waals surface area contributed by atoms with Crippen LogP contribution in [0.2, 0.25) is 0 Å². The average molecular weight is 386 g/mol. The van der Waals surface area contributed by atoms with Gasteiger partial charge in [-0.2, -0.15) is 0 Å². The minimum Gasteiger partial charge on any atom is -0.389 e. The van der Waals surface area contributed by atoms with Gasteiger partial charge < -0.3 is 19.8 Å². The highest BCUT2D eigenvalue weighted by Gasteiger charge is 2.49. The molecule has 154 valence electrons. The van der Waals surface area contributed by atoms with Gasteiger partial charge in [0.15, 0.2) is 0 Å². The van der Waals surface area contributed by atoms with Gasteiger partial charge in [0, 0.05) is 56.4 Å². The lowest BCUT2D eigenvalue weighted by atomic mass is 9.78. The lowest BCUT2D eigenvalue weighted by molar-refractivity contribution is -0.138. The molecule has 0 saturated carbocycles. The first-order valence-electron chi connectivity index (χ1n) is 10.8. The largest absolute Gasteiger partial charge is 0.389 e. The highest BCUT2D eigenvalue weighted by molar-refractivity contribution is 5.78. The fraction of sp³-hybridized carbons (Fsp3) is 0.696. The predicted molar refractivity (Wildman–Crippen MR) is 113 cm³/mol. The molecule has 1 spiro atoms. The van der Waals surface area contributed by atoms with Crippen molar-refractivity contribution in [2.24, 2.45) is 5.41 Å². The van der Waals surface area contributed by atoms with Crippen LogP contribution in [0.3, 0.4) is 0 Å². The molecule has 1 aromatic carbocycles. The first-order valence-corrected chi connectivity index (χ1v) is 10.8. The lowest BCUT2D eigenvalue weighted by Gasteiger charge is -2.49. The first-order chi connectivity index (χ1) is 13.3.